The molecule has 0 bridgehead atoms. The molecule has 0 aromatic carbocycles. The lowest BCUT2D eigenvalue weighted by atomic mass is 9.49. The van der Waals surface area contributed by atoms with Gasteiger partial charge in [-0.2, -0.15) is 0 Å². The van der Waals surface area contributed by atoms with Gasteiger partial charge >= 0.3 is 5.97 Å². The van der Waals surface area contributed by atoms with Gasteiger partial charge in [-0.25, -0.2) is 0 Å². The Kier molecular flexibility index (Phi) is 6.32. The molecule has 0 amide bonds. The lowest BCUT2D eigenvalue weighted by Gasteiger charge is -2.57. The van der Waals surface area contributed by atoms with Crippen LogP contribution in [0.25, 0.3) is 0 Å². The molecule has 3 rings (SSSR count). The largest absolute Gasteiger partial charge is 0.463 e. The van der Waals surface area contributed by atoms with Gasteiger partial charge in [-0.15, -0.1) is 0 Å². The topological polar surface area (TPSA) is 49.8 Å². The highest BCUT2D eigenvalue weighted by Crippen LogP contribution is 2.63. The SMILES string of the molecule is C=C1CC[C@H]2[C@H](CN(C)C)[C@@H]([C@@]3(C)CC[C@H](OC(C)=O)C[C@@H]3CO)CC[C@]12C. The van der Waals surface area contributed by atoms with Crippen molar-refractivity contribution in [3.8, 4) is 0 Å². The number of esters is 1. The van der Waals surface area contributed by atoms with E-state index in [1.807, 2.05) is 0 Å². The predicted molar refractivity (Wildman–Crippen MR) is 113 cm³/mol. The number of aliphatic hydroxyl groups excluding tert-OH is 1. The first kappa shape index (κ1) is 21.8. The molecule has 1 N–H and O–H groups in total. The molecule has 0 aromatic rings. The second-order valence-corrected chi connectivity index (χ2v) is 10.6. The van der Waals surface area contributed by atoms with Gasteiger partial charge in [-0.05, 0) is 93.5 Å². The van der Waals surface area contributed by atoms with Crippen molar-refractivity contribution in [2.45, 2.75) is 71.8 Å². The van der Waals surface area contributed by atoms with Crippen molar-refractivity contribution in [2.24, 2.45) is 34.5 Å². The van der Waals surface area contributed by atoms with E-state index in [1.165, 1.54) is 38.2 Å². The minimum absolute atomic E-state index is 0.0323. The summed E-state index contributed by atoms with van der Waals surface area (Å²) in [6.45, 7) is 12.1. The molecule has 3 aliphatic rings. The Balaban J connectivity index is 1.87. The van der Waals surface area contributed by atoms with Gasteiger partial charge in [0.15, 0.2) is 0 Å². The van der Waals surface area contributed by atoms with Gasteiger partial charge < -0.3 is 14.7 Å². The first-order chi connectivity index (χ1) is 13.1. The molecular formula is C24H41NO3. The maximum Gasteiger partial charge on any atom is 0.302 e. The monoisotopic (exact) mass is 391 g/mol. The highest BCUT2D eigenvalue weighted by Gasteiger charge is 2.56. The Labute approximate surface area is 171 Å². The number of carbonyl (C=O) groups excluding carboxylic acids is 1. The van der Waals surface area contributed by atoms with E-state index in [2.05, 4.69) is 39.4 Å². The molecular weight excluding hydrogens is 350 g/mol. The molecule has 0 aliphatic heterocycles. The van der Waals surface area contributed by atoms with E-state index in [0.717, 1.165) is 25.8 Å². The normalized spacial score (nSPS) is 43.8. The van der Waals surface area contributed by atoms with Crippen molar-refractivity contribution in [2.75, 3.05) is 27.2 Å². The van der Waals surface area contributed by atoms with Gasteiger partial charge in [-0.1, -0.05) is 26.0 Å². The second-order valence-electron chi connectivity index (χ2n) is 10.6. The van der Waals surface area contributed by atoms with Crippen molar-refractivity contribution in [1.82, 2.24) is 4.90 Å². The van der Waals surface area contributed by atoms with E-state index < -0.39 is 0 Å². The third kappa shape index (κ3) is 3.79. The fourth-order valence-electron chi connectivity index (χ4n) is 7.18. The van der Waals surface area contributed by atoms with Crippen LogP contribution < -0.4 is 0 Å². The molecule has 0 spiro atoms. The van der Waals surface area contributed by atoms with Crippen molar-refractivity contribution in [3.05, 3.63) is 12.2 Å². The Morgan fingerprint density at radius 3 is 2.54 bits per heavy atom. The zero-order valence-electron chi connectivity index (χ0n) is 18.7. The minimum atomic E-state index is -0.200. The molecule has 3 fully saturated rings. The van der Waals surface area contributed by atoms with E-state index in [-0.39, 0.29) is 35.4 Å². The van der Waals surface area contributed by atoms with Gasteiger partial charge in [0, 0.05) is 20.1 Å². The summed E-state index contributed by atoms with van der Waals surface area (Å²) in [6.07, 6.45) is 7.61. The summed E-state index contributed by atoms with van der Waals surface area (Å²) >= 11 is 0. The van der Waals surface area contributed by atoms with Crippen LogP contribution in [-0.4, -0.2) is 49.3 Å². The number of fused-ring (bicyclic) bond motifs is 1. The van der Waals surface area contributed by atoms with Crippen LogP contribution in [0.4, 0.5) is 0 Å². The summed E-state index contributed by atoms with van der Waals surface area (Å²) in [4.78, 5) is 13.8. The van der Waals surface area contributed by atoms with Gasteiger partial charge in [-0.3, -0.25) is 4.79 Å². The standard InChI is InChI=1S/C24H41NO3/c1-16-7-8-21-20(14-25(5)6)22(10-12-23(16,21)3)24(4)11-9-19(28-17(2)27)13-18(24)15-26/h18-22,26H,1,7-15H2,2-6H3/t18-,19+,20+,21+,22+,23-,24+/m1/s1. The molecule has 0 aromatic heterocycles. The van der Waals surface area contributed by atoms with Crippen LogP contribution in [0.1, 0.15) is 65.7 Å². The number of hydrogen-bond donors (Lipinski definition) is 1. The summed E-state index contributed by atoms with van der Waals surface area (Å²) in [7, 11) is 4.38. The number of rotatable bonds is 5. The Morgan fingerprint density at radius 2 is 1.93 bits per heavy atom. The lowest BCUT2D eigenvalue weighted by molar-refractivity contribution is -0.155. The van der Waals surface area contributed by atoms with E-state index in [0.29, 0.717) is 17.8 Å². The first-order valence-corrected chi connectivity index (χ1v) is 11.2. The number of hydrogen-bond acceptors (Lipinski definition) is 4. The van der Waals surface area contributed by atoms with E-state index >= 15 is 0 Å². The Hall–Kier alpha value is -0.870. The Bertz CT molecular complexity index is 603. The van der Waals surface area contributed by atoms with E-state index in [4.69, 9.17) is 4.74 Å². The summed E-state index contributed by atoms with van der Waals surface area (Å²) in [5, 5.41) is 10.3. The van der Waals surface area contributed by atoms with Crippen molar-refractivity contribution >= 4 is 5.97 Å². The molecule has 4 heteroatoms. The van der Waals surface area contributed by atoms with Gasteiger partial charge in [0.2, 0.25) is 0 Å². The quantitative estimate of drug-likeness (QED) is 0.561. The number of carbonyl (C=O) groups is 1. The molecule has 0 saturated heterocycles. The first-order valence-electron chi connectivity index (χ1n) is 11.2. The third-order valence-corrected chi connectivity index (χ3v) is 8.85. The summed E-state index contributed by atoms with van der Waals surface area (Å²) in [5.41, 5.74) is 1.86. The third-order valence-electron chi connectivity index (χ3n) is 8.85. The number of ether oxygens (including phenoxy) is 1. The van der Waals surface area contributed by atoms with Crippen molar-refractivity contribution in [1.29, 1.82) is 0 Å². The Morgan fingerprint density at radius 1 is 1.21 bits per heavy atom. The molecule has 28 heavy (non-hydrogen) atoms. The van der Waals surface area contributed by atoms with E-state index in [9.17, 15) is 9.90 Å². The second kappa shape index (κ2) is 8.10. The summed E-state index contributed by atoms with van der Waals surface area (Å²) in [6, 6.07) is 0. The van der Waals surface area contributed by atoms with Crippen molar-refractivity contribution in [3.63, 3.8) is 0 Å². The highest BCUT2D eigenvalue weighted by molar-refractivity contribution is 5.66. The van der Waals surface area contributed by atoms with E-state index in [1.54, 1.807) is 0 Å². The lowest BCUT2D eigenvalue weighted by Crippen LogP contribution is -2.53. The zero-order valence-corrected chi connectivity index (χ0v) is 18.7. The fraction of sp³-hybridized carbons (Fsp3) is 0.875. The van der Waals surface area contributed by atoms with Crippen LogP contribution in [0.2, 0.25) is 0 Å². The summed E-state index contributed by atoms with van der Waals surface area (Å²) in [5.74, 6) is 1.94. The van der Waals surface area contributed by atoms with Crippen LogP contribution in [0, 0.1) is 34.5 Å². The molecule has 0 heterocycles. The molecule has 3 aliphatic carbocycles. The average molecular weight is 392 g/mol. The van der Waals surface area contributed by atoms with Gasteiger partial charge in [0.05, 0.1) is 0 Å². The number of nitrogens with zero attached hydrogens (tertiary/aromatic N) is 1. The smallest absolute Gasteiger partial charge is 0.302 e. The summed E-state index contributed by atoms with van der Waals surface area (Å²) < 4.78 is 5.52. The fourth-order valence-corrected chi connectivity index (χ4v) is 7.18. The molecule has 0 unspecified atom stereocenters. The number of aliphatic hydroxyl groups is 1. The molecule has 7 atom stereocenters. The zero-order chi connectivity index (χ0) is 20.7. The molecule has 3 saturated carbocycles. The van der Waals surface area contributed by atoms with Crippen LogP contribution in [-0.2, 0) is 9.53 Å². The van der Waals surface area contributed by atoms with Crippen LogP contribution >= 0.6 is 0 Å². The predicted octanol–water partition coefficient (Wildman–Crippen LogP) is 4.28. The minimum Gasteiger partial charge on any atom is -0.463 e. The van der Waals surface area contributed by atoms with Crippen LogP contribution in [0.5, 0.6) is 0 Å². The maximum absolute atomic E-state index is 11.4. The number of allylic oxidation sites excluding steroid dienone is 1. The van der Waals surface area contributed by atoms with Crippen LogP contribution in [0.3, 0.4) is 0 Å². The molecule has 4 nitrogen and oxygen atoms in total. The van der Waals surface area contributed by atoms with Gasteiger partial charge in [0.1, 0.15) is 6.10 Å². The van der Waals surface area contributed by atoms with Crippen molar-refractivity contribution < 1.29 is 14.6 Å². The highest BCUT2D eigenvalue weighted by atomic mass is 16.5. The average Bonchev–Trinajstić information content (AvgIpc) is 2.91. The van der Waals surface area contributed by atoms with Gasteiger partial charge in [0.25, 0.3) is 0 Å². The molecule has 160 valence electrons. The maximum atomic E-state index is 11.4. The van der Waals surface area contributed by atoms with Crippen LogP contribution in [0.15, 0.2) is 12.2 Å². The molecule has 0 radical (unpaired) electrons.